The summed E-state index contributed by atoms with van der Waals surface area (Å²) in [6, 6.07) is 10.2. The van der Waals surface area contributed by atoms with Crippen LogP contribution in [0.5, 0.6) is 0 Å². The van der Waals surface area contributed by atoms with Crippen molar-refractivity contribution in [2.75, 3.05) is 13.7 Å². The Morgan fingerprint density at radius 2 is 1.89 bits per heavy atom. The number of Topliss-reactive ketones (excluding diaryl/α,β-unsaturated/α-hetero) is 1. The van der Waals surface area contributed by atoms with E-state index < -0.39 is 0 Å². The fraction of sp³-hybridized carbons (Fsp3) is 0.263. The van der Waals surface area contributed by atoms with Crippen LogP contribution in [-0.4, -0.2) is 28.6 Å². The number of nitrogens with zero attached hydrogens (tertiary/aromatic N) is 2. The molecule has 0 aliphatic carbocycles. The molecule has 0 radical (unpaired) electrons. The summed E-state index contributed by atoms with van der Waals surface area (Å²) in [5, 5.41) is 9.86. The first kappa shape index (κ1) is 20.0. The fourth-order valence-electron chi connectivity index (χ4n) is 3.04. The van der Waals surface area contributed by atoms with Crippen LogP contribution in [0.15, 0.2) is 36.4 Å². The molecule has 8 heteroatoms. The molecule has 0 bridgehead atoms. The third-order valence-corrected chi connectivity index (χ3v) is 5.15. The van der Waals surface area contributed by atoms with Gasteiger partial charge in [0, 0.05) is 30.8 Å². The minimum Gasteiger partial charge on any atom is -0.385 e. The summed E-state index contributed by atoms with van der Waals surface area (Å²) in [7, 11) is 1.64. The molecule has 0 unspecified atom stereocenters. The third-order valence-electron chi connectivity index (χ3n) is 4.30. The molecule has 2 aromatic carbocycles. The van der Waals surface area contributed by atoms with E-state index in [9.17, 15) is 4.79 Å². The average molecular weight is 427 g/mol. The van der Waals surface area contributed by atoms with Gasteiger partial charge in [0.2, 0.25) is 5.62 Å². The van der Waals surface area contributed by atoms with Crippen molar-refractivity contribution >= 4 is 51.6 Å². The van der Waals surface area contributed by atoms with Gasteiger partial charge in [-0.05, 0) is 36.8 Å². The highest BCUT2D eigenvalue weighted by atomic mass is 35.5. The Labute approximate surface area is 171 Å². The minimum atomic E-state index is -0.203. The van der Waals surface area contributed by atoms with E-state index >= 15 is 0 Å². The summed E-state index contributed by atoms with van der Waals surface area (Å²) in [5.74, 6) is -0.203. The van der Waals surface area contributed by atoms with E-state index in [0.29, 0.717) is 33.8 Å². The maximum absolute atomic E-state index is 12.8. The molecule has 3 aromatic rings. The summed E-state index contributed by atoms with van der Waals surface area (Å²) in [6.07, 6.45) is 0.730. The second-order valence-electron chi connectivity index (χ2n) is 6.06. The first-order valence-corrected chi connectivity index (χ1v) is 9.46. The van der Waals surface area contributed by atoms with E-state index in [4.69, 9.17) is 44.9 Å². The van der Waals surface area contributed by atoms with Crippen LogP contribution in [0.1, 0.15) is 16.8 Å². The van der Waals surface area contributed by atoms with Gasteiger partial charge in [0.1, 0.15) is 0 Å². The number of rotatable bonds is 7. The number of hydrogen-bond acceptors (Lipinski definition) is 3. The van der Waals surface area contributed by atoms with Gasteiger partial charge in [0.15, 0.2) is 5.78 Å². The average Bonchev–Trinajstić information content (AvgIpc) is 2.88. The lowest BCUT2D eigenvalue weighted by molar-refractivity contribution is 0.0971. The smallest absolute Gasteiger partial charge is 0.203 e. The van der Waals surface area contributed by atoms with Gasteiger partial charge in [-0.2, -0.15) is 0 Å². The van der Waals surface area contributed by atoms with Gasteiger partial charge < -0.3 is 13.9 Å². The standard InChI is InChI=1S/C19H18Cl3N3O2/c1-27-9-3-8-24-18-14(21)4-2-5-16(18)25(19(24)23)11-17(26)13-7-6-12(20)10-15(13)22/h2,4-7,10,23H,3,8-9,11H2,1H3. The maximum Gasteiger partial charge on any atom is 0.203 e. The lowest BCUT2D eigenvalue weighted by atomic mass is 10.1. The van der Waals surface area contributed by atoms with Crippen LogP contribution < -0.4 is 5.62 Å². The first-order chi connectivity index (χ1) is 12.9. The number of nitrogens with one attached hydrogen (secondary N) is 1. The molecule has 0 atom stereocenters. The molecule has 3 rings (SSSR count). The molecule has 0 aliphatic rings. The van der Waals surface area contributed by atoms with Gasteiger partial charge in [-0.25, -0.2) is 0 Å². The maximum atomic E-state index is 12.8. The second-order valence-corrected chi connectivity index (χ2v) is 7.31. The largest absolute Gasteiger partial charge is 0.385 e. The summed E-state index contributed by atoms with van der Waals surface area (Å²) >= 11 is 18.5. The molecule has 0 saturated carbocycles. The van der Waals surface area contributed by atoms with Crippen molar-refractivity contribution in [2.45, 2.75) is 19.5 Å². The Hall–Kier alpha value is -1.79. The van der Waals surface area contributed by atoms with Gasteiger partial charge in [-0.15, -0.1) is 0 Å². The third kappa shape index (κ3) is 4.06. The van der Waals surface area contributed by atoms with Crippen LogP contribution >= 0.6 is 34.8 Å². The van der Waals surface area contributed by atoms with E-state index in [-0.39, 0.29) is 17.9 Å². The molecule has 0 fully saturated rings. The number of ether oxygens (including phenoxy) is 1. The van der Waals surface area contributed by atoms with Crippen LogP contribution in [0.25, 0.3) is 11.0 Å². The van der Waals surface area contributed by atoms with Crippen LogP contribution in [0.2, 0.25) is 15.1 Å². The summed E-state index contributed by atoms with van der Waals surface area (Å²) in [4.78, 5) is 12.8. The topological polar surface area (TPSA) is 60.0 Å². The normalized spacial score (nSPS) is 11.3. The zero-order chi connectivity index (χ0) is 19.6. The molecular weight excluding hydrogens is 409 g/mol. The quantitative estimate of drug-likeness (QED) is 0.436. The number of hydrogen-bond donors (Lipinski definition) is 1. The Balaban J connectivity index is 2.04. The molecule has 142 valence electrons. The van der Waals surface area contributed by atoms with E-state index in [1.54, 1.807) is 40.5 Å². The highest BCUT2D eigenvalue weighted by molar-refractivity contribution is 6.37. The monoisotopic (exact) mass is 425 g/mol. The van der Waals surface area contributed by atoms with E-state index in [1.165, 1.54) is 6.07 Å². The SMILES string of the molecule is COCCCn1c(=N)n(CC(=O)c2ccc(Cl)cc2Cl)c2cccc(Cl)c21. The Morgan fingerprint density at radius 3 is 2.59 bits per heavy atom. The molecule has 1 heterocycles. The zero-order valence-corrected chi connectivity index (χ0v) is 16.9. The lowest BCUT2D eigenvalue weighted by Crippen LogP contribution is -2.27. The van der Waals surface area contributed by atoms with E-state index in [1.807, 2.05) is 6.07 Å². The number of aryl methyl sites for hydroxylation is 1. The van der Waals surface area contributed by atoms with Crippen LogP contribution in [0, 0.1) is 5.41 Å². The van der Waals surface area contributed by atoms with Crippen molar-refractivity contribution in [1.82, 2.24) is 9.13 Å². The molecule has 27 heavy (non-hydrogen) atoms. The molecule has 0 spiro atoms. The number of ketones is 1. The minimum absolute atomic E-state index is 0.0195. The van der Waals surface area contributed by atoms with Gasteiger partial charge in [0.05, 0.1) is 27.6 Å². The Kier molecular flexibility index (Phi) is 6.27. The molecule has 0 saturated heterocycles. The molecule has 1 N–H and O–H groups in total. The molecular formula is C19H18Cl3N3O2. The number of aromatic nitrogens is 2. The van der Waals surface area contributed by atoms with E-state index in [2.05, 4.69) is 0 Å². The van der Waals surface area contributed by atoms with Crippen molar-refractivity contribution in [2.24, 2.45) is 0 Å². The van der Waals surface area contributed by atoms with E-state index in [0.717, 1.165) is 17.5 Å². The second kappa shape index (κ2) is 8.48. The number of para-hydroxylation sites is 1. The van der Waals surface area contributed by atoms with Gasteiger partial charge >= 0.3 is 0 Å². The van der Waals surface area contributed by atoms with Gasteiger partial charge in [0.25, 0.3) is 0 Å². The van der Waals surface area contributed by atoms with Crippen molar-refractivity contribution in [3.05, 3.63) is 62.6 Å². The summed E-state index contributed by atoms with van der Waals surface area (Å²) in [5.41, 5.74) is 2.03. The number of fused-ring (bicyclic) bond motifs is 1. The lowest BCUT2D eigenvalue weighted by Gasteiger charge is -2.06. The molecule has 0 aliphatic heterocycles. The summed E-state index contributed by atoms with van der Waals surface area (Å²) < 4.78 is 8.54. The molecule has 1 aromatic heterocycles. The predicted octanol–water partition coefficient (Wildman–Crippen LogP) is 4.80. The highest BCUT2D eigenvalue weighted by Gasteiger charge is 2.18. The van der Waals surface area contributed by atoms with Crippen LogP contribution in [0.4, 0.5) is 0 Å². The Bertz CT molecular complexity index is 1060. The number of methoxy groups -OCH3 is 1. The van der Waals surface area contributed by atoms with Crippen LogP contribution in [0.3, 0.4) is 0 Å². The fourth-order valence-corrected chi connectivity index (χ4v) is 3.83. The number of imidazole rings is 1. The number of halogens is 3. The van der Waals surface area contributed by atoms with Crippen molar-refractivity contribution in [1.29, 1.82) is 5.41 Å². The number of carbonyl (C=O) groups excluding carboxylic acids is 1. The predicted molar refractivity (Wildman–Crippen MR) is 108 cm³/mol. The highest BCUT2D eigenvalue weighted by Crippen LogP contribution is 2.25. The number of carbonyl (C=O) groups is 1. The van der Waals surface area contributed by atoms with Crippen molar-refractivity contribution in [3.8, 4) is 0 Å². The number of benzene rings is 2. The molecule has 0 amide bonds. The zero-order valence-electron chi connectivity index (χ0n) is 14.6. The van der Waals surface area contributed by atoms with Crippen LogP contribution in [-0.2, 0) is 17.8 Å². The van der Waals surface area contributed by atoms with Gasteiger partial charge in [-0.3, -0.25) is 10.2 Å². The van der Waals surface area contributed by atoms with Crippen molar-refractivity contribution in [3.63, 3.8) is 0 Å². The molecule has 5 nitrogen and oxygen atoms in total. The first-order valence-electron chi connectivity index (χ1n) is 8.33. The Morgan fingerprint density at radius 1 is 1.11 bits per heavy atom. The summed E-state index contributed by atoms with van der Waals surface area (Å²) in [6.45, 7) is 1.12. The van der Waals surface area contributed by atoms with Crippen molar-refractivity contribution < 1.29 is 9.53 Å². The van der Waals surface area contributed by atoms with Gasteiger partial charge in [-0.1, -0.05) is 40.9 Å².